The molecule has 1 aromatic carbocycles. The van der Waals surface area contributed by atoms with E-state index in [-0.39, 0.29) is 4.90 Å². The second-order valence-electron chi connectivity index (χ2n) is 6.46. The summed E-state index contributed by atoms with van der Waals surface area (Å²) in [6.07, 6.45) is 6.48. The van der Waals surface area contributed by atoms with E-state index < -0.39 is 10.0 Å². The zero-order valence-electron chi connectivity index (χ0n) is 14.9. The Labute approximate surface area is 161 Å². The Morgan fingerprint density at radius 2 is 1.75 bits per heavy atom. The standard InChI is InChI=1S/C20H15N5O2S/c1-14-5-7-15(8-6-14)28(26,27)25-11-9-16-19-17(12-22-20(16)25)23-13-24(19)18-4-2-3-10-21-18/h2-13H,1H3. The number of nitrogens with zero attached hydrogens (tertiary/aromatic N) is 5. The third-order valence-corrected chi connectivity index (χ3v) is 6.34. The van der Waals surface area contributed by atoms with Gasteiger partial charge in [0.2, 0.25) is 0 Å². The highest BCUT2D eigenvalue weighted by molar-refractivity contribution is 7.90. The fourth-order valence-electron chi connectivity index (χ4n) is 3.25. The van der Waals surface area contributed by atoms with Crippen molar-refractivity contribution in [2.45, 2.75) is 11.8 Å². The lowest BCUT2D eigenvalue weighted by Gasteiger charge is -2.08. The van der Waals surface area contributed by atoms with Crippen LogP contribution >= 0.6 is 0 Å². The number of imidazole rings is 1. The highest BCUT2D eigenvalue weighted by atomic mass is 32.2. The fourth-order valence-corrected chi connectivity index (χ4v) is 4.55. The summed E-state index contributed by atoms with van der Waals surface area (Å²) in [6, 6.07) is 14.1. The molecule has 0 aliphatic heterocycles. The molecular formula is C20H15N5O2S. The molecule has 0 atom stereocenters. The van der Waals surface area contributed by atoms with Crippen LogP contribution in [0.25, 0.3) is 27.9 Å². The number of hydrogen-bond donors (Lipinski definition) is 0. The van der Waals surface area contributed by atoms with Crippen LogP contribution < -0.4 is 0 Å². The van der Waals surface area contributed by atoms with Gasteiger partial charge in [-0.2, -0.15) is 0 Å². The zero-order chi connectivity index (χ0) is 19.3. The largest absolute Gasteiger partial charge is 0.282 e. The molecule has 4 aromatic heterocycles. The Kier molecular flexibility index (Phi) is 3.56. The summed E-state index contributed by atoms with van der Waals surface area (Å²) in [5.41, 5.74) is 2.78. The van der Waals surface area contributed by atoms with Crippen LogP contribution in [0.2, 0.25) is 0 Å². The maximum Gasteiger partial charge on any atom is 0.269 e. The molecule has 0 fully saturated rings. The number of aromatic nitrogens is 5. The minimum Gasteiger partial charge on any atom is -0.282 e. The molecule has 0 saturated carbocycles. The molecule has 5 rings (SSSR count). The molecule has 0 unspecified atom stereocenters. The van der Waals surface area contributed by atoms with E-state index in [0.717, 1.165) is 11.1 Å². The lowest BCUT2D eigenvalue weighted by molar-refractivity contribution is 0.589. The van der Waals surface area contributed by atoms with Crippen LogP contribution in [0.15, 0.2) is 78.3 Å². The fraction of sp³-hybridized carbons (Fsp3) is 0.0500. The third-order valence-electron chi connectivity index (χ3n) is 4.66. The van der Waals surface area contributed by atoms with Crippen molar-refractivity contribution in [3.63, 3.8) is 0 Å². The lowest BCUT2D eigenvalue weighted by atomic mass is 10.2. The first kappa shape index (κ1) is 16.6. The number of rotatable bonds is 3. The molecule has 5 aromatic rings. The van der Waals surface area contributed by atoms with Crippen molar-refractivity contribution in [3.8, 4) is 5.82 Å². The third kappa shape index (κ3) is 2.42. The Balaban J connectivity index is 1.76. The smallest absolute Gasteiger partial charge is 0.269 e. The van der Waals surface area contributed by atoms with E-state index in [2.05, 4.69) is 15.0 Å². The average molecular weight is 389 g/mol. The highest BCUT2D eigenvalue weighted by Crippen LogP contribution is 2.28. The van der Waals surface area contributed by atoms with Crippen molar-refractivity contribution in [3.05, 3.63) is 79.0 Å². The van der Waals surface area contributed by atoms with E-state index in [0.29, 0.717) is 22.4 Å². The first-order valence-corrected chi connectivity index (χ1v) is 10.1. The number of aryl methyl sites for hydroxylation is 1. The van der Waals surface area contributed by atoms with E-state index >= 15 is 0 Å². The molecule has 4 heterocycles. The first-order valence-electron chi connectivity index (χ1n) is 8.62. The number of hydrogen-bond acceptors (Lipinski definition) is 5. The number of benzene rings is 1. The van der Waals surface area contributed by atoms with E-state index in [9.17, 15) is 8.42 Å². The second-order valence-corrected chi connectivity index (χ2v) is 8.28. The second kappa shape index (κ2) is 6.00. The minimum atomic E-state index is -3.76. The predicted molar refractivity (Wildman–Crippen MR) is 106 cm³/mol. The molecule has 28 heavy (non-hydrogen) atoms. The van der Waals surface area contributed by atoms with Crippen molar-refractivity contribution < 1.29 is 8.42 Å². The SMILES string of the molecule is Cc1ccc(S(=O)(=O)n2ccc3c4c(cnc32)ncn4-c2ccccn2)cc1. The average Bonchev–Trinajstić information content (AvgIpc) is 3.33. The first-order chi connectivity index (χ1) is 13.6. The summed E-state index contributed by atoms with van der Waals surface area (Å²) < 4.78 is 29.3. The van der Waals surface area contributed by atoms with Crippen molar-refractivity contribution in [2.75, 3.05) is 0 Å². The molecule has 0 spiro atoms. The topological polar surface area (TPSA) is 82.7 Å². The van der Waals surface area contributed by atoms with Gasteiger partial charge < -0.3 is 0 Å². The van der Waals surface area contributed by atoms with Crippen LogP contribution in [-0.2, 0) is 10.0 Å². The Morgan fingerprint density at radius 3 is 2.50 bits per heavy atom. The highest BCUT2D eigenvalue weighted by Gasteiger charge is 2.21. The van der Waals surface area contributed by atoms with E-state index in [4.69, 9.17) is 0 Å². The van der Waals surface area contributed by atoms with Crippen LogP contribution in [0, 0.1) is 6.92 Å². The monoisotopic (exact) mass is 389 g/mol. The van der Waals surface area contributed by atoms with Gasteiger partial charge in [-0.1, -0.05) is 23.8 Å². The van der Waals surface area contributed by atoms with Crippen LogP contribution in [0.4, 0.5) is 0 Å². The van der Waals surface area contributed by atoms with Crippen molar-refractivity contribution in [2.24, 2.45) is 0 Å². The van der Waals surface area contributed by atoms with Gasteiger partial charge in [0.25, 0.3) is 10.0 Å². The lowest BCUT2D eigenvalue weighted by Crippen LogP contribution is -2.12. The summed E-state index contributed by atoms with van der Waals surface area (Å²) >= 11 is 0. The van der Waals surface area contributed by atoms with Crippen molar-refractivity contribution in [1.29, 1.82) is 0 Å². The number of pyridine rings is 2. The van der Waals surface area contributed by atoms with Crippen molar-refractivity contribution in [1.82, 2.24) is 23.5 Å². The number of fused-ring (bicyclic) bond motifs is 3. The van der Waals surface area contributed by atoms with Crippen LogP contribution in [0.3, 0.4) is 0 Å². The summed E-state index contributed by atoms with van der Waals surface area (Å²) in [5, 5.41) is 0.691. The summed E-state index contributed by atoms with van der Waals surface area (Å²) in [6.45, 7) is 1.92. The van der Waals surface area contributed by atoms with Gasteiger partial charge in [0.1, 0.15) is 17.7 Å². The van der Waals surface area contributed by atoms with Crippen LogP contribution in [0.5, 0.6) is 0 Å². The molecule has 0 bridgehead atoms. The quantitative estimate of drug-likeness (QED) is 0.473. The maximum absolute atomic E-state index is 13.1. The molecule has 0 aliphatic carbocycles. The van der Waals surface area contributed by atoms with Gasteiger partial charge >= 0.3 is 0 Å². The molecule has 0 N–H and O–H groups in total. The Hall–Kier alpha value is -3.52. The Bertz CT molecular complexity index is 1420. The Morgan fingerprint density at radius 1 is 0.929 bits per heavy atom. The van der Waals surface area contributed by atoms with Gasteiger partial charge in [0.05, 0.1) is 16.6 Å². The van der Waals surface area contributed by atoms with Gasteiger partial charge in [-0.05, 0) is 37.3 Å². The minimum absolute atomic E-state index is 0.218. The molecule has 8 heteroatoms. The molecule has 0 saturated heterocycles. The van der Waals surface area contributed by atoms with Gasteiger partial charge in [0.15, 0.2) is 5.65 Å². The van der Waals surface area contributed by atoms with Crippen LogP contribution in [0.1, 0.15) is 5.56 Å². The van der Waals surface area contributed by atoms with E-state index in [1.54, 1.807) is 49.1 Å². The van der Waals surface area contributed by atoms with Gasteiger partial charge in [0, 0.05) is 17.8 Å². The summed E-state index contributed by atoms with van der Waals surface area (Å²) in [5.74, 6) is 0.701. The molecular weight excluding hydrogens is 374 g/mol. The van der Waals surface area contributed by atoms with Gasteiger partial charge in [-0.25, -0.2) is 27.3 Å². The summed E-state index contributed by atoms with van der Waals surface area (Å²) in [4.78, 5) is 13.3. The van der Waals surface area contributed by atoms with Gasteiger partial charge in [-0.15, -0.1) is 0 Å². The molecule has 138 valence electrons. The van der Waals surface area contributed by atoms with E-state index in [1.807, 2.05) is 29.7 Å². The van der Waals surface area contributed by atoms with E-state index in [1.165, 1.54) is 10.2 Å². The molecule has 0 amide bonds. The maximum atomic E-state index is 13.1. The van der Waals surface area contributed by atoms with Gasteiger partial charge in [-0.3, -0.25) is 4.57 Å². The molecule has 0 aliphatic rings. The summed E-state index contributed by atoms with van der Waals surface area (Å²) in [7, 11) is -3.76. The molecule has 0 radical (unpaired) electrons. The predicted octanol–water partition coefficient (Wildman–Crippen LogP) is 3.32. The zero-order valence-corrected chi connectivity index (χ0v) is 15.7. The van der Waals surface area contributed by atoms with Crippen LogP contribution in [-0.4, -0.2) is 31.9 Å². The van der Waals surface area contributed by atoms with Crippen molar-refractivity contribution >= 4 is 32.1 Å². The normalized spacial score (nSPS) is 12.0. The molecule has 7 nitrogen and oxygen atoms in total.